The van der Waals surface area contributed by atoms with E-state index in [1.165, 1.54) is 19.3 Å². The van der Waals surface area contributed by atoms with E-state index in [1.807, 2.05) is 16.4 Å². The van der Waals surface area contributed by atoms with E-state index in [1.54, 1.807) is 35.7 Å². The lowest BCUT2D eigenvalue weighted by molar-refractivity contribution is -0.133. The number of aryl methyl sites for hydroxylation is 1. The predicted molar refractivity (Wildman–Crippen MR) is 168 cm³/mol. The van der Waals surface area contributed by atoms with Crippen LogP contribution in [-0.4, -0.2) is 77.6 Å². The molecule has 1 saturated heterocycles. The third-order valence-corrected chi connectivity index (χ3v) is 10.2. The van der Waals surface area contributed by atoms with Gasteiger partial charge in [-0.3, -0.25) is 9.69 Å². The number of carbonyl (C=O) groups is 2. The summed E-state index contributed by atoms with van der Waals surface area (Å²) in [4.78, 5) is 35.0. The topological polar surface area (TPSA) is 97.8 Å². The van der Waals surface area contributed by atoms with Crippen LogP contribution in [0.1, 0.15) is 55.5 Å². The molecular formula is C31H39Cl2N5O3S. The quantitative estimate of drug-likeness (QED) is 0.292. The Morgan fingerprint density at radius 3 is 2.50 bits per heavy atom. The Morgan fingerprint density at radius 1 is 1.17 bits per heavy atom. The van der Waals surface area contributed by atoms with Crippen molar-refractivity contribution in [1.82, 2.24) is 25.4 Å². The average Bonchev–Trinajstić information content (AvgIpc) is 3.47. The number of amides is 1. The molecule has 2 fully saturated rings. The van der Waals surface area contributed by atoms with Gasteiger partial charge in [-0.05, 0) is 43.4 Å². The third-order valence-electron chi connectivity index (χ3n) is 8.72. The van der Waals surface area contributed by atoms with Gasteiger partial charge in [0, 0.05) is 90.2 Å². The molecule has 1 amide bonds. The van der Waals surface area contributed by atoms with Gasteiger partial charge >= 0.3 is 5.97 Å². The van der Waals surface area contributed by atoms with E-state index in [4.69, 9.17) is 23.2 Å². The molecule has 1 aliphatic carbocycles. The number of carboxylic acid groups (broad SMARTS) is 1. The molecule has 1 saturated carbocycles. The first-order chi connectivity index (χ1) is 20.3. The fraction of sp³-hybridized carbons (Fsp3) is 0.516. The Morgan fingerprint density at radius 2 is 1.90 bits per heavy atom. The van der Waals surface area contributed by atoms with Gasteiger partial charge < -0.3 is 20.6 Å². The number of nitrogens with one attached hydrogen (secondary N) is 2. The van der Waals surface area contributed by atoms with E-state index in [2.05, 4.69) is 27.4 Å². The third kappa shape index (κ3) is 7.19. The number of dihydropyridines is 1. The van der Waals surface area contributed by atoms with Gasteiger partial charge in [0.15, 0.2) is 0 Å². The Bertz CT molecular complexity index is 1310. The first-order valence-corrected chi connectivity index (χ1v) is 16.4. The minimum atomic E-state index is -1.10. The monoisotopic (exact) mass is 631 g/mol. The van der Waals surface area contributed by atoms with Crippen molar-refractivity contribution >= 4 is 46.4 Å². The maximum absolute atomic E-state index is 13.6. The molecule has 1 aromatic carbocycles. The van der Waals surface area contributed by atoms with Crippen LogP contribution in [0.15, 0.2) is 52.8 Å². The van der Waals surface area contributed by atoms with Gasteiger partial charge in [0.25, 0.3) is 0 Å². The molecule has 0 bridgehead atoms. The number of allylic oxidation sites excluding steroid dienone is 2. The Hall–Kier alpha value is -2.43. The number of carboxylic acids is 1. The number of thiazole rings is 1. The minimum Gasteiger partial charge on any atom is -0.478 e. The van der Waals surface area contributed by atoms with Gasteiger partial charge in [-0.15, -0.1) is 11.3 Å². The summed E-state index contributed by atoms with van der Waals surface area (Å²) < 4.78 is 0. The van der Waals surface area contributed by atoms with Crippen LogP contribution in [0, 0.1) is 5.41 Å². The van der Waals surface area contributed by atoms with Crippen molar-refractivity contribution in [1.29, 1.82) is 0 Å². The Labute approximate surface area is 261 Å². The summed E-state index contributed by atoms with van der Waals surface area (Å²) in [5, 5.41) is 20.9. The molecule has 3 aliphatic rings. The molecule has 3 N–H and O–H groups in total. The summed E-state index contributed by atoms with van der Waals surface area (Å²) in [7, 11) is 0. The van der Waals surface area contributed by atoms with Crippen LogP contribution in [0.2, 0.25) is 10.0 Å². The van der Waals surface area contributed by atoms with Gasteiger partial charge in [0.05, 0.1) is 17.0 Å². The average molecular weight is 633 g/mol. The molecule has 226 valence electrons. The molecule has 5 rings (SSSR count). The molecule has 11 heteroatoms. The SMILES string of the molecule is CCNCC1(CN2CCN(C(=O)CC3=C(C(=O)O)C(c4c(Cl)cccc4Cl)C=C(CCc4nccs4)N3)CC2)CCC1. The van der Waals surface area contributed by atoms with Crippen LogP contribution in [0.5, 0.6) is 0 Å². The number of hydrogen-bond acceptors (Lipinski definition) is 7. The van der Waals surface area contributed by atoms with Crippen molar-refractivity contribution < 1.29 is 14.7 Å². The number of rotatable bonds is 12. The molecule has 2 aromatic rings. The summed E-state index contributed by atoms with van der Waals surface area (Å²) in [6.07, 6.45) is 8.73. The van der Waals surface area contributed by atoms with Crippen LogP contribution in [0.25, 0.3) is 0 Å². The van der Waals surface area contributed by atoms with Crippen LogP contribution in [0.3, 0.4) is 0 Å². The zero-order valence-corrected chi connectivity index (χ0v) is 26.3. The molecule has 42 heavy (non-hydrogen) atoms. The number of piperazine rings is 1. The second-order valence-electron chi connectivity index (χ2n) is 11.5. The lowest BCUT2D eigenvalue weighted by atomic mass is 9.68. The van der Waals surface area contributed by atoms with E-state index in [0.717, 1.165) is 43.4 Å². The van der Waals surface area contributed by atoms with E-state index in [-0.39, 0.29) is 17.9 Å². The maximum atomic E-state index is 13.6. The second kappa shape index (κ2) is 13.9. The van der Waals surface area contributed by atoms with Crippen molar-refractivity contribution in [2.24, 2.45) is 5.41 Å². The molecule has 1 unspecified atom stereocenters. The predicted octanol–water partition coefficient (Wildman–Crippen LogP) is 5.31. The summed E-state index contributed by atoms with van der Waals surface area (Å²) in [5.41, 5.74) is 2.21. The number of hydrogen-bond donors (Lipinski definition) is 3. The van der Waals surface area contributed by atoms with Crippen molar-refractivity contribution in [3.63, 3.8) is 0 Å². The maximum Gasteiger partial charge on any atom is 0.334 e. The summed E-state index contributed by atoms with van der Waals surface area (Å²) >= 11 is 14.7. The molecular weight excluding hydrogens is 593 g/mol. The summed E-state index contributed by atoms with van der Waals surface area (Å²) in [6.45, 7) is 8.17. The zero-order valence-electron chi connectivity index (χ0n) is 24.0. The first kappa shape index (κ1) is 31.0. The Balaban J connectivity index is 1.32. The first-order valence-electron chi connectivity index (χ1n) is 14.8. The number of carbonyl (C=O) groups excluding carboxylic acids is 1. The number of halogens is 2. The molecule has 1 atom stereocenters. The highest BCUT2D eigenvalue weighted by molar-refractivity contribution is 7.09. The van der Waals surface area contributed by atoms with Crippen LogP contribution >= 0.6 is 34.5 Å². The normalized spacial score (nSPS) is 20.6. The number of benzene rings is 1. The second-order valence-corrected chi connectivity index (χ2v) is 13.3. The van der Waals surface area contributed by atoms with Crippen LogP contribution < -0.4 is 10.6 Å². The van der Waals surface area contributed by atoms with Crippen molar-refractivity contribution in [3.05, 3.63) is 73.4 Å². The lowest BCUT2D eigenvalue weighted by Gasteiger charge is -2.47. The minimum absolute atomic E-state index is 0.0286. The molecule has 2 aliphatic heterocycles. The largest absolute Gasteiger partial charge is 0.478 e. The van der Waals surface area contributed by atoms with Gasteiger partial charge in [0.2, 0.25) is 5.91 Å². The molecule has 3 heterocycles. The van der Waals surface area contributed by atoms with E-state index < -0.39 is 11.9 Å². The zero-order chi connectivity index (χ0) is 29.7. The number of aromatic nitrogens is 1. The van der Waals surface area contributed by atoms with Gasteiger partial charge in [-0.1, -0.05) is 48.7 Å². The highest BCUT2D eigenvalue weighted by Crippen LogP contribution is 2.42. The van der Waals surface area contributed by atoms with Gasteiger partial charge in [-0.2, -0.15) is 0 Å². The smallest absolute Gasteiger partial charge is 0.334 e. The number of nitrogens with zero attached hydrogens (tertiary/aromatic N) is 3. The molecule has 1 aromatic heterocycles. The van der Waals surface area contributed by atoms with Crippen molar-refractivity contribution in [2.45, 2.75) is 51.4 Å². The molecule has 0 radical (unpaired) electrons. The summed E-state index contributed by atoms with van der Waals surface area (Å²) in [5.74, 6) is -1.86. The van der Waals surface area contributed by atoms with Crippen molar-refractivity contribution in [2.75, 3.05) is 45.8 Å². The fourth-order valence-electron chi connectivity index (χ4n) is 6.33. The lowest BCUT2D eigenvalue weighted by Crippen LogP contribution is -2.54. The van der Waals surface area contributed by atoms with Crippen LogP contribution in [-0.2, 0) is 16.0 Å². The standard InChI is InChI=1S/C31H39Cl2N5O3S/c1-2-34-19-31(9-4-10-31)20-37-12-14-38(15-13-37)27(39)18-25-29(30(40)41)22(28-23(32)5-3-6-24(28)33)17-21(36-25)7-8-26-35-11-16-42-26/h3,5-6,11,16-17,22,34,36H,2,4,7-10,12-15,18-20H2,1H3,(H,40,41). The molecule has 0 spiro atoms. The number of aliphatic carboxylic acids is 1. The van der Waals surface area contributed by atoms with Gasteiger partial charge in [0.1, 0.15) is 0 Å². The Kier molecular flexibility index (Phi) is 10.3. The fourth-order valence-corrected chi connectivity index (χ4v) is 7.58. The highest BCUT2D eigenvalue weighted by atomic mass is 35.5. The van der Waals surface area contributed by atoms with Crippen LogP contribution in [0.4, 0.5) is 0 Å². The van der Waals surface area contributed by atoms with E-state index >= 15 is 0 Å². The summed E-state index contributed by atoms with van der Waals surface area (Å²) in [6, 6.07) is 5.16. The highest BCUT2D eigenvalue weighted by Gasteiger charge is 2.39. The van der Waals surface area contributed by atoms with E-state index in [9.17, 15) is 14.7 Å². The van der Waals surface area contributed by atoms with Crippen molar-refractivity contribution in [3.8, 4) is 0 Å². The van der Waals surface area contributed by atoms with Gasteiger partial charge in [-0.25, -0.2) is 9.78 Å². The van der Waals surface area contributed by atoms with E-state index in [0.29, 0.717) is 52.7 Å². The molecule has 8 nitrogen and oxygen atoms in total.